The van der Waals surface area contributed by atoms with E-state index in [0.29, 0.717) is 42.4 Å². The second-order valence-corrected chi connectivity index (χ2v) is 13.7. The van der Waals surface area contributed by atoms with Crippen molar-refractivity contribution in [2.24, 2.45) is 17.3 Å². The third-order valence-corrected chi connectivity index (χ3v) is 8.92. The van der Waals surface area contributed by atoms with Crippen LogP contribution in [0.2, 0.25) is 0 Å². The molecule has 2 heterocycles. The fourth-order valence-electron chi connectivity index (χ4n) is 4.66. The molecule has 9 heteroatoms. The Balaban J connectivity index is 1.99. The van der Waals surface area contributed by atoms with Gasteiger partial charge in [-0.05, 0) is 71.3 Å². The molecule has 1 amide bonds. The van der Waals surface area contributed by atoms with Gasteiger partial charge in [-0.25, -0.2) is 17.5 Å². The van der Waals surface area contributed by atoms with Crippen molar-refractivity contribution in [2.45, 2.75) is 72.3 Å². The third kappa shape index (κ3) is 6.61. The molecule has 0 atom stereocenters. The van der Waals surface area contributed by atoms with Gasteiger partial charge >= 0.3 is 5.97 Å². The van der Waals surface area contributed by atoms with Gasteiger partial charge < -0.3 is 10.0 Å². The van der Waals surface area contributed by atoms with Gasteiger partial charge in [-0.15, -0.1) is 11.3 Å². The van der Waals surface area contributed by atoms with Gasteiger partial charge in [-0.2, -0.15) is 0 Å². The van der Waals surface area contributed by atoms with Gasteiger partial charge in [0.25, 0.3) is 0 Å². The summed E-state index contributed by atoms with van der Waals surface area (Å²) in [6, 6.07) is 1.49. The molecule has 7 nitrogen and oxygen atoms in total. The minimum Gasteiger partial charge on any atom is -0.477 e. The fraction of sp³-hybridized carbons (Fsp3) is 0.680. The van der Waals surface area contributed by atoms with E-state index in [1.54, 1.807) is 11.0 Å². The van der Waals surface area contributed by atoms with Gasteiger partial charge in [0.2, 0.25) is 15.9 Å². The average molecular weight is 509 g/mol. The summed E-state index contributed by atoms with van der Waals surface area (Å²) in [5, 5.41) is 9.97. The number of hydrogen-bond acceptors (Lipinski definition) is 5. The van der Waals surface area contributed by atoms with Gasteiger partial charge in [0, 0.05) is 30.5 Å². The number of sulfonamides is 1. The highest BCUT2D eigenvalue weighted by Crippen LogP contribution is 2.38. The first kappa shape index (κ1) is 26.7. The molecule has 1 N–H and O–H groups in total. The van der Waals surface area contributed by atoms with Crippen molar-refractivity contribution in [3.63, 3.8) is 0 Å². The lowest BCUT2D eigenvalue weighted by Gasteiger charge is -2.40. The molecule has 2 aliphatic rings. The number of nitrogens with zero attached hydrogens (tertiary/aromatic N) is 2. The number of carbonyl (C=O) groups excluding carboxylic acids is 1. The lowest BCUT2D eigenvalue weighted by molar-refractivity contribution is -0.124. The zero-order chi connectivity index (χ0) is 25.3. The van der Waals surface area contributed by atoms with Crippen LogP contribution in [-0.2, 0) is 14.8 Å². The van der Waals surface area contributed by atoms with Crippen LogP contribution in [-0.4, -0.2) is 55.1 Å². The van der Waals surface area contributed by atoms with Gasteiger partial charge in [-0.3, -0.25) is 4.79 Å². The zero-order valence-electron chi connectivity index (χ0n) is 20.8. The van der Waals surface area contributed by atoms with Crippen molar-refractivity contribution < 1.29 is 23.1 Å². The van der Waals surface area contributed by atoms with Crippen LogP contribution in [0.15, 0.2) is 6.07 Å². The Kier molecular flexibility index (Phi) is 8.16. The molecule has 1 saturated heterocycles. The number of carboxylic acid groups (broad SMARTS) is 1. The van der Waals surface area contributed by atoms with Crippen molar-refractivity contribution in [1.29, 1.82) is 0 Å². The number of piperidine rings is 1. The summed E-state index contributed by atoms with van der Waals surface area (Å²) >= 11 is 1.10. The summed E-state index contributed by atoms with van der Waals surface area (Å²) in [5.41, 5.74) is 0.164. The molecule has 0 unspecified atom stereocenters. The molecule has 2 fully saturated rings. The maximum Gasteiger partial charge on any atom is 0.348 e. The topological polar surface area (TPSA) is 95.0 Å². The molecule has 34 heavy (non-hydrogen) atoms. The summed E-state index contributed by atoms with van der Waals surface area (Å²) in [7, 11) is -3.31. The fourth-order valence-corrected chi connectivity index (χ4v) is 6.37. The molecule has 1 aromatic rings. The molecule has 0 spiro atoms. The molecule has 0 aromatic carbocycles. The molecule has 0 radical (unpaired) electrons. The van der Waals surface area contributed by atoms with Gasteiger partial charge in [-0.1, -0.05) is 18.8 Å². The monoisotopic (exact) mass is 508 g/mol. The largest absolute Gasteiger partial charge is 0.477 e. The second kappa shape index (κ2) is 10.4. The van der Waals surface area contributed by atoms with Crippen LogP contribution in [0, 0.1) is 29.1 Å². The molecule has 1 aliphatic heterocycles. The van der Waals surface area contributed by atoms with E-state index in [0.717, 1.165) is 37.0 Å². The Bertz CT molecular complexity index is 1070. The van der Waals surface area contributed by atoms with E-state index in [1.807, 2.05) is 20.8 Å². The predicted molar refractivity (Wildman–Crippen MR) is 136 cm³/mol. The number of amides is 1. The lowest BCUT2D eigenvalue weighted by atomic mass is 9.82. The number of carboxylic acids is 1. The van der Waals surface area contributed by atoms with Gasteiger partial charge in [0.1, 0.15) is 4.88 Å². The van der Waals surface area contributed by atoms with E-state index in [-0.39, 0.29) is 28.2 Å². The maximum absolute atomic E-state index is 13.9. The Morgan fingerprint density at radius 1 is 1.12 bits per heavy atom. The normalized spacial score (nSPS) is 22.6. The Morgan fingerprint density at radius 2 is 1.71 bits per heavy atom. The molecule has 1 aromatic heterocycles. The van der Waals surface area contributed by atoms with E-state index in [4.69, 9.17) is 0 Å². The highest BCUT2D eigenvalue weighted by Gasteiger charge is 2.38. The number of aromatic carboxylic acids is 1. The predicted octanol–water partition coefficient (Wildman–Crippen LogP) is 4.43. The zero-order valence-corrected chi connectivity index (χ0v) is 22.4. The highest BCUT2D eigenvalue weighted by molar-refractivity contribution is 7.88. The van der Waals surface area contributed by atoms with E-state index in [1.165, 1.54) is 10.6 Å². The molecular formula is C25H36N2O5S2. The third-order valence-electron chi connectivity index (χ3n) is 6.59. The quantitative estimate of drug-likeness (QED) is 0.594. The number of anilines is 1. The summed E-state index contributed by atoms with van der Waals surface area (Å²) in [6.45, 7) is 8.80. The van der Waals surface area contributed by atoms with Crippen LogP contribution < -0.4 is 4.90 Å². The average Bonchev–Trinajstić information content (AvgIpc) is 3.16. The molecule has 0 bridgehead atoms. The molecule has 1 aliphatic carbocycles. The Morgan fingerprint density at radius 3 is 2.21 bits per heavy atom. The van der Waals surface area contributed by atoms with Crippen LogP contribution >= 0.6 is 11.3 Å². The van der Waals surface area contributed by atoms with Crippen LogP contribution in [0.1, 0.15) is 80.8 Å². The highest BCUT2D eigenvalue weighted by atomic mass is 32.2. The minimum atomic E-state index is -3.31. The van der Waals surface area contributed by atoms with Crippen molar-refractivity contribution in [2.75, 3.05) is 24.2 Å². The van der Waals surface area contributed by atoms with E-state index in [9.17, 15) is 23.1 Å². The van der Waals surface area contributed by atoms with Crippen molar-refractivity contribution in [3.05, 3.63) is 15.8 Å². The number of carbonyl (C=O) groups is 2. The van der Waals surface area contributed by atoms with Crippen molar-refractivity contribution in [3.8, 4) is 11.8 Å². The van der Waals surface area contributed by atoms with Crippen molar-refractivity contribution >= 4 is 38.9 Å². The minimum absolute atomic E-state index is 0.0414. The summed E-state index contributed by atoms with van der Waals surface area (Å²) in [5.74, 6) is 5.56. The number of hydrogen-bond donors (Lipinski definition) is 1. The van der Waals surface area contributed by atoms with E-state index >= 15 is 0 Å². The first-order chi connectivity index (χ1) is 15.8. The van der Waals surface area contributed by atoms with Gasteiger partial charge in [0.15, 0.2) is 0 Å². The van der Waals surface area contributed by atoms with Crippen LogP contribution in [0.3, 0.4) is 0 Å². The maximum atomic E-state index is 13.9. The first-order valence-electron chi connectivity index (χ1n) is 11.9. The number of thiophene rings is 1. The van der Waals surface area contributed by atoms with Crippen LogP contribution in [0.4, 0.5) is 5.69 Å². The Hall–Kier alpha value is -1.89. The van der Waals surface area contributed by atoms with Crippen LogP contribution in [0.5, 0.6) is 0 Å². The lowest BCUT2D eigenvalue weighted by Crippen LogP contribution is -2.51. The molecule has 188 valence electrons. The van der Waals surface area contributed by atoms with Crippen LogP contribution in [0.25, 0.3) is 0 Å². The SMILES string of the molecule is CC1CCC(C(=O)N(c2cc(C#CC(C)(C)C)sc2C(=O)O)C2CCN(S(C)(=O)=O)CC2)CC1. The van der Waals surface area contributed by atoms with Gasteiger partial charge in [0.05, 0.1) is 16.8 Å². The Labute approximate surface area is 207 Å². The van der Waals surface area contributed by atoms with E-state index in [2.05, 4.69) is 18.8 Å². The number of rotatable bonds is 5. The van der Waals surface area contributed by atoms with Crippen molar-refractivity contribution in [1.82, 2.24) is 4.31 Å². The summed E-state index contributed by atoms with van der Waals surface area (Å²) in [4.78, 5) is 28.5. The molecule has 1 saturated carbocycles. The first-order valence-corrected chi connectivity index (χ1v) is 14.6. The summed E-state index contributed by atoms with van der Waals surface area (Å²) in [6.07, 6.45) is 5.69. The summed E-state index contributed by atoms with van der Waals surface area (Å²) < 4.78 is 25.4. The molecule has 3 rings (SSSR count). The standard InChI is InChI=1S/C25H36N2O5S2/c1-17-6-8-18(9-7-17)23(28)27(19-11-14-26(15-12-19)34(5,31)32)21-16-20(10-13-25(2,3)4)33-22(21)24(29)30/h16-19H,6-9,11-12,14-15H2,1-5H3,(H,29,30). The molecular weight excluding hydrogens is 472 g/mol. The smallest absolute Gasteiger partial charge is 0.348 e. The second-order valence-electron chi connectivity index (χ2n) is 10.7. The van der Waals surface area contributed by atoms with E-state index < -0.39 is 16.0 Å².